The molecule has 0 unspecified atom stereocenters. The quantitative estimate of drug-likeness (QED) is 0.638. The van der Waals surface area contributed by atoms with Crippen LogP contribution in [0.25, 0.3) is 0 Å². The van der Waals surface area contributed by atoms with E-state index in [0.29, 0.717) is 13.0 Å². The fourth-order valence-electron chi connectivity index (χ4n) is 1.13. The van der Waals surface area contributed by atoms with Crippen LogP contribution in [0.1, 0.15) is 30.8 Å². The zero-order valence-corrected chi connectivity index (χ0v) is 8.90. The molecule has 0 aliphatic carbocycles. The zero-order valence-electron chi connectivity index (χ0n) is 8.90. The standard InChI is InChI=1S/C9H16N4O2/c1-9(2,15)3-4-13-5-6(10)7(12-13)8(11)14/h5,15H,3-4,10H2,1-2H3,(H2,11,14). The van der Waals surface area contributed by atoms with E-state index < -0.39 is 11.5 Å². The Hall–Kier alpha value is -1.56. The highest BCUT2D eigenvalue weighted by atomic mass is 16.3. The van der Waals surface area contributed by atoms with E-state index in [-0.39, 0.29) is 11.4 Å². The Kier molecular flexibility index (Phi) is 2.99. The normalized spacial score (nSPS) is 11.7. The molecule has 0 saturated carbocycles. The van der Waals surface area contributed by atoms with Crippen molar-refractivity contribution in [3.63, 3.8) is 0 Å². The Bertz CT molecular complexity index is 365. The molecule has 0 bridgehead atoms. The number of nitrogens with zero attached hydrogens (tertiary/aromatic N) is 2. The van der Waals surface area contributed by atoms with Crippen LogP contribution in [0.4, 0.5) is 5.69 Å². The van der Waals surface area contributed by atoms with Gasteiger partial charge in [-0.1, -0.05) is 0 Å². The molecule has 0 saturated heterocycles. The van der Waals surface area contributed by atoms with Gasteiger partial charge >= 0.3 is 0 Å². The number of rotatable bonds is 4. The van der Waals surface area contributed by atoms with E-state index in [4.69, 9.17) is 11.5 Å². The van der Waals surface area contributed by atoms with E-state index in [1.54, 1.807) is 13.8 Å². The predicted octanol–water partition coefficient (Wildman–Crippen LogP) is -0.275. The third-order valence-corrected chi connectivity index (χ3v) is 1.98. The highest BCUT2D eigenvalue weighted by Crippen LogP contribution is 2.12. The molecule has 1 aromatic heterocycles. The van der Waals surface area contributed by atoms with Crippen LogP contribution < -0.4 is 11.5 Å². The largest absolute Gasteiger partial charge is 0.396 e. The summed E-state index contributed by atoms with van der Waals surface area (Å²) in [5, 5.41) is 13.4. The molecule has 1 amide bonds. The maximum atomic E-state index is 10.9. The number of nitrogens with two attached hydrogens (primary N) is 2. The van der Waals surface area contributed by atoms with Gasteiger partial charge in [0.2, 0.25) is 0 Å². The summed E-state index contributed by atoms with van der Waals surface area (Å²) in [4.78, 5) is 10.9. The number of carbonyl (C=O) groups excluding carboxylic acids is 1. The Morgan fingerprint density at radius 3 is 2.67 bits per heavy atom. The molecule has 1 rings (SSSR count). The average Bonchev–Trinajstić information content (AvgIpc) is 2.42. The van der Waals surface area contributed by atoms with Crippen LogP contribution in [0, 0.1) is 0 Å². The summed E-state index contributed by atoms with van der Waals surface area (Å²) >= 11 is 0. The molecule has 1 heterocycles. The predicted molar refractivity (Wildman–Crippen MR) is 56.1 cm³/mol. The van der Waals surface area contributed by atoms with Crippen molar-refractivity contribution >= 4 is 11.6 Å². The van der Waals surface area contributed by atoms with Gasteiger partial charge in [0.25, 0.3) is 5.91 Å². The lowest BCUT2D eigenvalue weighted by atomic mass is 10.1. The number of carbonyl (C=O) groups is 1. The second kappa shape index (κ2) is 3.90. The smallest absolute Gasteiger partial charge is 0.271 e. The van der Waals surface area contributed by atoms with Crippen LogP contribution in [-0.4, -0.2) is 26.4 Å². The zero-order chi connectivity index (χ0) is 11.6. The molecular weight excluding hydrogens is 196 g/mol. The molecule has 5 N–H and O–H groups in total. The first-order valence-corrected chi connectivity index (χ1v) is 4.65. The molecule has 0 aromatic carbocycles. The van der Waals surface area contributed by atoms with Gasteiger partial charge in [0.05, 0.1) is 11.3 Å². The van der Waals surface area contributed by atoms with Gasteiger partial charge in [-0.2, -0.15) is 5.10 Å². The number of primary amides is 1. The third kappa shape index (κ3) is 3.25. The monoisotopic (exact) mass is 212 g/mol. The third-order valence-electron chi connectivity index (χ3n) is 1.98. The molecular formula is C9H16N4O2. The fourth-order valence-corrected chi connectivity index (χ4v) is 1.13. The summed E-state index contributed by atoms with van der Waals surface area (Å²) < 4.78 is 1.51. The highest BCUT2D eigenvalue weighted by molar-refractivity contribution is 5.95. The Morgan fingerprint density at radius 1 is 1.67 bits per heavy atom. The van der Waals surface area contributed by atoms with Crippen LogP contribution in [0.2, 0.25) is 0 Å². The second-order valence-electron chi connectivity index (χ2n) is 4.12. The summed E-state index contributed by atoms with van der Waals surface area (Å²) in [6, 6.07) is 0. The first kappa shape index (κ1) is 11.5. The second-order valence-corrected chi connectivity index (χ2v) is 4.12. The van der Waals surface area contributed by atoms with Gasteiger partial charge in [-0.05, 0) is 20.3 Å². The van der Waals surface area contributed by atoms with Gasteiger partial charge in [-0.25, -0.2) is 0 Å². The van der Waals surface area contributed by atoms with E-state index in [0.717, 1.165) is 0 Å². The topological polar surface area (TPSA) is 107 Å². The van der Waals surface area contributed by atoms with E-state index in [1.807, 2.05) is 0 Å². The van der Waals surface area contributed by atoms with Crippen molar-refractivity contribution in [2.24, 2.45) is 5.73 Å². The molecule has 84 valence electrons. The number of aryl methyl sites for hydroxylation is 1. The maximum Gasteiger partial charge on any atom is 0.271 e. The van der Waals surface area contributed by atoms with Crippen molar-refractivity contribution in [1.29, 1.82) is 0 Å². The molecule has 0 atom stereocenters. The van der Waals surface area contributed by atoms with Gasteiger partial charge in [0.15, 0.2) is 5.69 Å². The van der Waals surface area contributed by atoms with Crippen LogP contribution >= 0.6 is 0 Å². The van der Waals surface area contributed by atoms with E-state index in [2.05, 4.69) is 5.10 Å². The highest BCUT2D eigenvalue weighted by Gasteiger charge is 2.15. The maximum absolute atomic E-state index is 10.9. The molecule has 0 radical (unpaired) electrons. The number of aliphatic hydroxyl groups is 1. The number of anilines is 1. The van der Waals surface area contributed by atoms with Crippen molar-refractivity contribution in [2.45, 2.75) is 32.4 Å². The van der Waals surface area contributed by atoms with Gasteiger partial charge in [0, 0.05) is 12.7 Å². The number of nitrogen functional groups attached to an aromatic ring is 1. The number of aromatic nitrogens is 2. The average molecular weight is 212 g/mol. The molecule has 0 aliphatic heterocycles. The van der Waals surface area contributed by atoms with Gasteiger partial charge in [-0.15, -0.1) is 0 Å². The Morgan fingerprint density at radius 2 is 2.27 bits per heavy atom. The number of hydrogen-bond acceptors (Lipinski definition) is 4. The van der Waals surface area contributed by atoms with Crippen molar-refractivity contribution in [3.8, 4) is 0 Å². The first-order chi connectivity index (χ1) is 6.79. The lowest BCUT2D eigenvalue weighted by Gasteiger charge is -2.16. The molecule has 1 aromatic rings. The van der Waals surface area contributed by atoms with Crippen molar-refractivity contribution in [2.75, 3.05) is 5.73 Å². The van der Waals surface area contributed by atoms with Crippen LogP contribution in [0.15, 0.2) is 6.20 Å². The van der Waals surface area contributed by atoms with Crippen LogP contribution in [0.5, 0.6) is 0 Å². The summed E-state index contributed by atoms with van der Waals surface area (Å²) in [5.74, 6) is -0.644. The first-order valence-electron chi connectivity index (χ1n) is 4.65. The summed E-state index contributed by atoms with van der Waals surface area (Å²) in [5.41, 5.74) is 10.2. The Labute approximate surface area is 87.9 Å². The molecule has 0 aliphatic rings. The SMILES string of the molecule is CC(C)(O)CCn1cc(N)c(C(N)=O)n1. The lowest BCUT2D eigenvalue weighted by molar-refractivity contribution is 0.0651. The van der Waals surface area contributed by atoms with Gasteiger partial charge in [-0.3, -0.25) is 9.48 Å². The van der Waals surface area contributed by atoms with Crippen LogP contribution in [0.3, 0.4) is 0 Å². The number of amides is 1. The van der Waals surface area contributed by atoms with Crippen LogP contribution in [-0.2, 0) is 6.54 Å². The van der Waals surface area contributed by atoms with Gasteiger partial charge < -0.3 is 16.6 Å². The minimum Gasteiger partial charge on any atom is -0.396 e. The molecule has 6 nitrogen and oxygen atoms in total. The molecule has 15 heavy (non-hydrogen) atoms. The summed E-state index contributed by atoms with van der Waals surface area (Å²) in [6.45, 7) is 3.89. The fraction of sp³-hybridized carbons (Fsp3) is 0.556. The molecule has 0 fully saturated rings. The van der Waals surface area contributed by atoms with Crippen molar-refractivity contribution in [1.82, 2.24) is 9.78 Å². The van der Waals surface area contributed by atoms with E-state index in [1.165, 1.54) is 10.9 Å². The van der Waals surface area contributed by atoms with Gasteiger partial charge in [0.1, 0.15) is 0 Å². The number of hydrogen-bond donors (Lipinski definition) is 3. The summed E-state index contributed by atoms with van der Waals surface area (Å²) in [6.07, 6.45) is 2.05. The van der Waals surface area contributed by atoms with E-state index >= 15 is 0 Å². The van der Waals surface area contributed by atoms with Crippen molar-refractivity contribution in [3.05, 3.63) is 11.9 Å². The minimum absolute atomic E-state index is 0.0748. The van der Waals surface area contributed by atoms with E-state index in [9.17, 15) is 9.90 Å². The summed E-state index contributed by atoms with van der Waals surface area (Å²) in [7, 11) is 0. The minimum atomic E-state index is -0.770. The molecule has 0 spiro atoms. The molecule has 6 heteroatoms. The lowest BCUT2D eigenvalue weighted by Crippen LogP contribution is -2.21. The Balaban J connectivity index is 2.72. The van der Waals surface area contributed by atoms with Crippen molar-refractivity contribution < 1.29 is 9.90 Å².